The number of hydrogen-bond acceptors (Lipinski definition) is 3. The fraction of sp³-hybridized carbons (Fsp3) is 0.500. The van der Waals surface area contributed by atoms with Gasteiger partial charge >= 0.3 is 0 Å². The topological polar surface area (TPSA) is 39.9 Å². The second kappa shape index (κ2) is 4.27. The van der Waals surface area contributed by atoms with Crippen LogP contribution in [0.2, 0.25) is 0 Å². The number of halogens is 1. The van der Waals surface area contributed by atoms with E-state index in [0.29, 0.717) is 18.0 Å². The van der Waals surface area contributed by atoms with Gasteiger partial charge in [-0.15, -0.1) is 11.6 Å². The number of rotatable bonds is 3. The molecule has 0 aromatic carbocycles. The summed E-state index contributed by atoms with van der Waals surface area (Å²) in [5, 5.41) is 0. The molecule has 0 aliphatic heterocycles. The number of methoxy groups -OCH3 is 1. The van der Waals surface area contributed by atoms with Gasteiger partial charge in [0.05, 0.1) is 12.0 Å². The molecule has 0 saturated heterocycles. The van der Waals surface area contributed by atoms with Gasteiger partial charge in [-0.2, -0.15) is 0 Å². The van der Waals surface area contributed by atoms with Crippen LogP contribution in [0.5, 0.6) is 0 Å². The zero-order valence-corrected chi connectivity index (χ0v) is 10.4. The van der Waals surface area contributed by atoms with Crippen LogP contribution in [0.15, 0.2) is 18.3 Å². The predicted octanol–water partition coefficient (Wildman–Crippen LogP) is 2.52. The van der Waals surface area contributed by atoms with Crippen molar-refractivity contribution in [1.82, 2.24) is 14.5 Å². The first kappa shape index (κ1) is 11.0. The number of aromatic nitrogens is 3. The summed E-state index contributed by atoms with van der Waals surface area (Å²) in [7, 11) is 1.76. The molecule has 1 fully saturated rings. The molecule has 3 rings (SSSR count). The molecule has 1 saturated carbocycles. The average Bonchev–Trinajstić information content (AvgIpc) is 2.67. The van der Waals surface area contributed by atoms with Crippen molar-refractivity contribution >= 4 is 22.8 Å². The van der Waals surface area contributed by atoms with Crippen molar-refractivity contribution in [2.45, 2.75) is 30.9 Å². The average molecular weight is 252 g/mol. The van der Waals surface area contributed by atoms with E-state index in [1.54, 1.807) is 13.3 Å². The SMILES string of the molecule is COC1CC(n2c(CCl)nc3cccnc32)C1. The molecular formula is C12H14ClN3O. The van der Waals surface area contributed by atoms with Crippen LogP contribution in [-0.2, 0) is 10.6 Å². The van der Waals surface area contributed by atoms with Gasteiger partial charge in [0.15, 0.2) is 5.65 Å². The zero-order chi connectivity index (χ0) is 11.8. The number of imidazole rings is 1. The third-order valence-corrected chi connectivity index (χ3v) is 3.65. The summed E-state index contributed by atoms with van der Waals surface area (Å²) >= 11 is 5.96. The van der Waals surface area contributed by atoms with E-state index in [2.05, 4.69) is 14.5 Å². The predicted molar refractivity (Wildman–Crippen MR) is 66.2 cm³/mol. The fourth-order valence-electron chi connectivity index (χ4n) is 2.40. The Balaban J connectivity index is 2.02. The molecule has 1 aliphatic carbocycles. The Morgan fingerprint density at radius 1 is 1.53 bits per heavy atom. The highest BCUT2D eigenvalue weighted by molar-refractivity contribution is 6.16. The molecule has 2 heterocycles. The maximum atomic E-state index is 5.96. The standard InChI is InChI=1S/C12H14ClN3O/c1-17-9-5-8(6-9)16-11(7-13)15-10-3-2-4-14-12(10)16/h2-4,8-9H,5-7H2,1H3. The van der Waals surface area contributed by atoms with Gasteiger partial charge in [-0.1, -0.05) is 0 Å². The first-order chi connectivity index (χ1) is 8.33. The summed E-state index contributed by atoms with van der Waals surface area (Å²) in [6.45, 7) is 0. The van der Waals surface area contributed by atoms with Crippen LogP contribution in [0.1, 0.15) is 24.7 Å². The maximum Gasteiger partial charge on any atom is 0.160 e. The largest absolute Gasteiger partial charge is 0.381 e. The molecule has 2 aromatic rings. The smallest absolute Gasteiger partial charge is 0.160 e. The Morgan fingerprint density at radius 2 is 2.35 bits per heavy atom. The number of pyridine rings is 1. The molecule has 1 aliphatic rings. The maximum absolute atomic E-state index is 5.96. The van der Waals surface area contributed by atoms with Crippen molar-refractivity contribution in [3.63, 3.8) is 0 Å². The van der Waals surface area contributed by atoms with Crippen LogP contribution in [0.3, 0.4) is 0 Å². The van der Waals surface area contributed by atoms with Crippen molar-refractivity contribution in [3.8, 4) is 0 Å². The number of fused-ring (bicyclic) bond motifs is 1. The summed E-state index contributed by atoms with van der Waals surface area (Å²) in [5.74, 6) is 1.32. The van der Waals surface area contributed by atoms with Crippen LogP contribution in [0.4, 0.5) is 0 Å². The van der Waals surface area contributed by atoms with Gasteiger partial charge in [0, 0.05) is 19.3 Å². The van der Waals surface area contributed by atoms with Crippen LogP contribution in [0, 0.1) is 0 Å². The second-order valence-electron chi connectivity index (χ2n) is 4.36. The van der Waals surface area contributed by atoms with Gasteiger partial charge in [0.2, 0.25) is 0 Å². The van der Waals surface area contributed by atoms with E-state index in [-0.39, 0.29) is 0 Å². The van der Waals surface area contributed by atoms with Crippen LogP contribution >= 0.6 is 11.6 Å². The molecule has 5 heteroatoms. The summed E-state index contributed by atoms with van der Waals surface area (Å²) in [4.78, 5) is 8.92. The Hall–Kier alpha value is -1.13. The van der Waals surface area contributed by atoms with Crippen LogP contribution in [0.25, 0.3) is 11.2 Å². The third kappa shape index (κ3) is 1.72. The summed E-state index contributed by atoms with van der Waals surface area (Å²) in [6.07, 6.45) is 4.19. The van der Waals surface area contributed by atoms with Crippen molar-refractivity contribution in [2.75, 3.05) is 7.11 Å². The van der Waals surface area contributed by atoms with Crippen molar-refractivity contribution in [1.29, 1.82) is 0 Å². The minimum absolute atomic E-state index is 0.365. The molecule has 90 valence electrons. The van der Waals surface area contributed by atoms with Gasteiger partial charge in [-0.05, 0) is 25.0 Å². The Labute approximate surface area is 105 Å². The lowest BCUT2D eigenvalue weighted by molar-refractivity contribution is 0.00660. The number of ether oxygens (including phenoxy) is 1. The van der Waals surface area contributed by atoms with E-state index in [0.717, 1.165) is 29.8 Å². The molecule has 0 amide bonds. The lowest BCUT2D eigenvalue weighted by Gasteiger charge is -2.35. The number of nitrogens with zero attached hydrogens (tertiary/aromatic N) is 3. The molecular weight excluding hydrogens is 238 g/mol. The molecule has 0 bridgehead atoms. The van der Waals surface area contributed by atoms with Crippen LogP contribution in [-0.4, -0.2) is 27.7 Å². The lowest BCUT2D eigenvalue weighted by atomic mass is 9.89. The van der Waals surface area contributed by atoms with E-state index in [9.17, 15) is 0 Å². The molecule has 0 N–H and O–H groups in total. The molecule has 0 atom stereocenters. The molecule has 0 unspecified atom stereocenters. The van der Waals surface area contributed by atoms with Crippen molar-refractivity contribution < 1.29 is 4.74 Å². The zero-order valence-electron chi connectivity index (χ0n) is 9.64. The first-order valence-electron chi connectivity index (χ1n) is 5.74. The molecule has 0 spiro atoms. The highest BCUT2D eigenvalue weighted by atomic mass is 35.5. The number of hydrogen-bond donors (Lipinski definition) is 0. The summed E-state index contributed by atoms with van der Waals surface area (Å²) in [5.41, 5.74) is 1.85. The van der Waals surface area contributed by atoms with Gasteiger partial charge in [-0.25, -0.2) is 9.97 Å². The van der Waals surface area contributed by atoms with Crippen molar-refractivity contribution in [3.05, 3.63) is 24.2 Å². The summed E-state index contributed by atoms with van der Waals surface area (Å²) < 4.78 is 7.48. The van der Waals surface area contributed by atoms with Crippen LogP contribution < -0.4 is 0 Å². The van der Waals surface area contributed by atoms with E-state index in [4.69, 9.17) is 16.3 Å². The molecule has 17 heavy (non-hydrogen) atoms. The Bertz CT molecular complexity index is 534. The third-order valence-electron chi connectivity index (χ3n) is 3.41. The number of alkyl halides is 1. The normalized spacial score (nSPS) is 23.9. The van der Waals surface area contributed by atoms with E-state index < -0.39 is 0 Å². The molecule has 0 radical (unpaired) electrons. The quantitative estimate of drug-likeness (QED) is 0.787. The lowest BCUT2D eigenvalue weighted by Crippen LogP contribution is -2.33. The monoisotopic (exact) mass is 251 g/mol. The van der Waals surface area contributed by atoms with Gasteiger partial charge in [0.25, 0.3) is 0 Å². The van der Waals surface area contributed by atoms with E-state index >= 15 is 0 Å². The van der Waals surface area contributed by atoms with Crippen molar-refractivity contribution in [2.24, 2.45) is 0 Å². The minimum atomic E-state index is 0.365. The summed E-state index contributed by atoms with van der Waals surface area (Å²) in [6, 6.07) is 4.30. The first-order valence-corrected chi connectivity index (χ1v) is 6.27. The Kier molecular flexibility index (Phi) is 2.76. The van der Waals surface area contributed by atoms with E-state index in [1.165, 1.54) is 0 Å². The highest BCUT2D eigenvalue weighted by Crippen LogP contribution is 2.37. The van der Waals surface area contributed by atoms with E-state index in [1.807, 2.05) is 12.1 Å². The van der Waals surface area contributed by atoms with Gasteiger partial charge in [0.1, 0.15) is 11.3 Å². The molecule has 4 nitrogen and oxygen atoms in total. The molecule has 2 aromatic heterocycles. The Morgan fingerprint density at radius 3 is 3.06 bits per heavy atom. The highest BCUT2D eigenvalue weighted by Gasteiger charge is 2.33. The van der Waals surface area contributed by atoms with Gasteiger partial charge in [-0.3, -0.25) is 0 Å². The fourth-order valence-corrected chi connectivity index (χ4v) is 2.58. The second-order valence-corrected chi connectivity index (χ2v) is 4.63. The minimum Gasteiger partial charge on any atom is -0.381 e. The van der Waals surface area contributed by atoms with Gasteiger partial charge < -0.3 is 9.30 Å².